The molecule has 0 aromatic carbocycles. The third-order valence-corrected chi connectivity index (χ3v) is 6.78. The molecule has 1 aliphatic carbocycles. The number of aryl methyl sites for hydroxylation is 1. The summed E-state index contributed by atoms with van der Waals surface area (Å²) >= 11 is 0. The van der Waals surface area contributed by atoms with E-state index in [1.165, 1.54) is 0 Å². The van der Waals surface area contributed by atoms with Gasteiger partial charge >= 0.3 is 0 Å². The standard InChI is InChI=1S/C24H29N7O2.2ClH/c1-16-19(8-13-32)23(33)31(17-4-2-3-5-17)22-20(16)15-27-24(29-22)28-21-7-6-18(14-26-21)30-11-9-25-10-12-30;;/h6-7,13-15,17,25H,2-5,8-12H2,1H3,(H,26,27,28,29);2*1H. The maximum Gasteiger partial charge on any atom is 0.256 e. The Morgan fingerprint density at radius 3 is 2.51 bits per heavy atom. The van der Waals surface area contributed by atoms with Crippen molar-refractivity contribution in [3.63, 3.8) is 0 Å². The van der Waals surface area contributed by atoms with E-state index in [4.69, 9.17) is 4.98 Å². The van der Waals surface area contributed by atoms with Gasteiger partial charge in [-0.15, -0.1) is 24.8 Å². The minimum absolute atomic E-state index is 0. The molecule has 0 unspecified atom stereocenters. The monoisotopic (exact) mass is 519 g/mol. The van der Waals surface area contributed by atoms with Crippen molar-refractivity contribution in [2.24, 2.45) is 0 Å². The van der Waals surface area contributed by atoms with Crippen LogP contribution in [0.1, 0.15) is 42.9 Å². The van der Waals surface area contributed by atoms with Crippen LogP contribution in [0.25, 0.3) is 11.0 Å². The van der Waals surface area contributed by atoms with E-state index in [0.29, 0.717) is 23.0 Å². The molecular formula is C24H31Cl2N7O2. The van der Waals surface area contributed by atoms with E-state index in [-0.39, 0.29) is 42.8 Å². The molecule has 1 aliphatic heterocycles. The highest BCUT2D eigenvalue weighted by Gasteiger charge is 2.24. The number of piperazine rings is 1. The summed E-state index contributed by atoms with van der Waals surface area (Å²) in [6.07, 6.45) is 8.58. The van der Waals surface area contributed by atoms with E-state index in [0.717, 1.165) is 74.8 Å². The molecule has 0 radical (unpaired) electrons. The highest BCUT2D eigenvalue weighted by Crippen LogP contribution is 2.32. The van der Waals surface area contributed by atoms with Crippen molar-refractivity contribution in [3.8, 4) is 0 Å². The van der Waals surface area contributed by atoms with Gasteiger partial charge in [-0.05, 0) is 37.5 Å². The Hall–Kier alpha value is -2.75. The summed E-state index contributed by atoms with van der Waals surface area (Å²) < 4.78 is 1.79. The van der Waals surface area contributed by atoms with Crippen LogP contribution in [0, 0.1) is 6.92 Å². The first-order chi connectivity index (χ1) is 16.2. The van der Waals surface area contributed by atoms with Gasteiger partial charge in [0.05, 0.1) is 11.9 Å². The smallest absolute Gasteiger partial charge is 0.256 e. The van der Waals surface area contributed by atoms with E-state index in [9.17, 15) is 9.59 Å². The number of carbonyl (C=O) groups excluding carboxylic acids is 1. The number of nitrogens with one attached hydrogen (secondary N) is 2. The Balaban J connectivity index is 0.00000171. The molecule has 9 nitrogen and oxygen atoms in total. The molecule has 0 spiro atoms. The van der Waals surface area contributed by atoms with Crippen LogP contribution in [0.2, 0.25) is 0 Å². The number of hydrogen-bond donors (Lipinski definition) is 2. The average molecular weight is 520 g/mol. The van der Waals surface area contributed by atoms with Crippen LogP contribution in [0.3, 0.4) is 0 Å². The number of rotatable bonds is 6. The van der Waals surface area contributed by atoms with Crippen LogP contribution in [-0.4, -0.2) is 52.0 Å². The number of nitrogens with zero attached hydrogens (tertiary/aromatic N) is 5. The molecule has 188 valence electrons. The van der Waals surface area contributed by atoms with E-state index in [1.54, 1.807) is 10.8 Å². The predicted molar refractivity (Wildman–Crippen MR) is 143 cm³/mol. The lowest BCUT2D eigenvalue weighted by molar-refractivity contribution is -0.107. The lowest BCUT2D eigenvalue weighted by atomic mass is 10.0. The molecule has 3 aromatic heterocycles. The molecule has 2 N–H and O–H groups in total. The molecule has 1 saturated carbocycles. The summed E-state index contributed by atoms with van der Waals surface area (Å²) in [6, 6.07) is 4.07. The first-order valence-electron chi connectivity index (χ1n) is 11.7. The summed E-state index contributed by atoms with van der Waals surface area (Å²) in [7, 11) is 0. The molecule has 2 fully saturated rings. The number of aldehydes is 1. The van der Waals surface area contributed by atoms with Crippen molar-refractivity contribution in [1.82, 2.24) is 24.8 Å². The summed E-state index contributed by atoms with van der Waals surface area (Å²) in [4.78, 5) is 40.6. The van der Waals surface area contributed by atoms with Crippen molar-refractivity contribution >= 4 is 59.6 Å². The second-order valence-electron chi connectivity index (χ2n) is 8.78. The minimum atomic E-state index is -0.109. The van der Waals surface area contributed by atoms with Crippen LogP contribution in [0.4, 0.5) is 17.5 Å². The largest absolute Gasteiger partial charge is 0.368 e. The fraction of sp³-hybridized carbons (Fsp3) is 0.458. The number of aromatic nitrogens is 4. The number of anilines is 3. The Kier molecular flexibility index (Phi) is 9.04. The van der Waals surface area contributed by atoms with Gasteiger partial charge in [0.15, 0.2) is 0 Å². The Morgan fingerprint density at radius 1 is 1.11 bits per heavy atom. The predicted octanol–water partition coefficient (Wildman–Crippen LogP) is 3.35. The molecule has 2 aliphatic rings. The molecule has 1 saturated heterocycles. The number of halogens is 2. The van der Waals surface area contributed by atoms with Crippen molar-refractivity contribution in [1.29, 1.82) is 0 Å². The van der Waals surface area contributed by atoms with Crippen LogP contribution in [0.5, 0.6) is 0 Å². The highest BCUT2D eigenvalue weighted by atomic mass is 35.5. The van der Waals surface area contributed by atoms with Gasteiger partial charge in [0, 0.05) is 55.8 Å². The molecule has 4 heterocycles. The van der Waals surface area contributed by atoms with Crippen LogP contribution in [-0.2, 0) is 11.2 Å². The summed E-state index contributed by atoms with van der Waals surface area (Å²) in [5, 5.41) is 7.35. The van der Waals surface area contributed by atoms with E-state index < -0.39 is 0 Å². The summed E-state index contributed by atoms with van der Waals surface area (Å²) in [5.41, 5.74) is 2.92. The average Bonchev–Trinajstić information content (AvgIpc) is 3.37. The number of pyridine rings is 2. The van der Waals surface area contributed by atoms with Crippen molar-refractivity contribution in [2.75, 3.05) is 36.4 Å². The third-order valence-electron chi connectivity index (χ3n) is 6.78. The minimum Gasteiger partial charge on any atom is -0.368 e. The Bertz CT molecular complexity index is 1220. The van der Waals surface area contributed by atoms with Gasteiger partial charge in [0.25, 0.3) is 5.56 Å². The maximum atomic E-state index is 13.3. The Labute approximate surface area is 216 Å². The second-order valence-corrected chi connectivity index (χ2v) is 8.78. The zero-order chi connectivity index (χ0) is 22.8. The topological polar surface area (TPSA) is 105 Å². The van der Waals surface area contributed by atoms with E-state index >= 15 is 0 Å². The van der Waals surface area contributed by atoms with E-state index in [2.05, 4.69) is 25.5 Å². The zero-order valence-electron chi connectivity index (χ0n) is 19.7. The van der Waals surface area contributed by atoms with Gasteiger partial charge in [-0.3, -0.25) is 9.36 Å². The number of hydrogen-bond acceptors (Lipinski definition) is 8. The molecule has 3 aromatic rings. The van der Waals surface area contributed by atoms with Gasteiger partial charge < -0.3 is 20.3 Å². The van der Waals surface area contributed by atoms with E-state index in [1.807, 2.05) is 25.3 Å². The number of fused-ring (bicyclic) bond motifs is 1. The fourth-order valence-electron chi connectivity index (χ4n) is 4.96. The SMILES string of the molecule is Cc1c(CC=O)c(=O)n(C2CCCC2)c2nc(Nc3ccc(N4CCNCC4)cn3)ncc12.Cl.Cl. The first kappa shape index (κ1) is 26.8. The molecule has 5 rings (SSSR count). The maximum absolute atomic E-state index is 13.3. The molecule has 0 amide bonds. The molecule has 0 bridgehead atoms. The normalized spacial score (nSPS) is 16.0. The highest BCUT2D eigenvalue weighted by molar-refractivity contribution is 5.85. The lowest BCUT2D eigenvalue weighted by Gasteiger charge is -2.29. The quantitative estimate of drug-likeness (QED) is 0.477. The fourth-order valence-corrected chi connectivity index (χ4v) is 4.96. The molecule has 35 heavy (non-hydrogen) atoms. The van der Waals surface area contributed by atoms with Crippen LogP contribution >= 0.6 is 24.8 Å². The summed E-state index contributed by atoms with van der Waals surface area (Å²) in [5.74, 6) is 1.05. The van der Waals surface area contributed by atoms with Crippen molar-refractivity contribution in [3.05, 3.63) is 46.0 Å². The summed E-state index contributed by atoms with van der Waals surface area (Å²) in [6.45, 7) is 5.75. The van der Waals surface area contributed by atoms with Crippen molar-refractivity contribution in [2.45, 2.75) is 45.1 Å². The van der Waals surface area contributed by atoms with Crippen LogP contribution < -0.4 is 21.1 Å². The first-order valence-corrected chi connectivity index (χ1v) is 11.7. The lowest BCUT2D eigenvalue weighted by Crippen LogP contribution is -2.43. The zero-order valence-corrected chi connectivity index (χ0v) is 21.3. The van der Waals surface area contributed by atoms with Gasteiger partial charge in [0.1, 0.15) is 17.8 Å². The molecule has 0 atom stereocenters. The number of carbonyl (C=O) groups is 1. The molecular weight excluding hydrogens is 489 g/mol. The van der Waals surface area contributed by atoms with Crippen LogP contribution in [0.15, 0.2) is 29.3 Å². The van der Waals surface area contributed by atoms with Gasteiger partial charge in [-0.25, -0.2) is 9.97 Å². The Morgan fingerprint density at radius 2 is 1.86 bits per heavy atom. The third kappa shape index (κ3) is 5.42. The van der Waals surface area contributed by atoms with Gasteiger partial charge in [-0.2, -0.15) is 4.98 Å². The van der Waals surface area contributed by atoms with Gasteiger partial charge in [0.2, 0.25) is 5.95 Å². The molecule has 11 heteroatoms. The van der Waals surface area contributed by atoms with Gasteiger partial charge in [-0.1, -0.05) is 12.8 Å². The second kappa shape index (κ2) is 11.8. The van der Waals surface area contributed by atoms with Crippen molar-refractivity contribution < 1.29 is 4.79 Å².